The maximum atomic E-state index is 5.72. The van der Waals surface area contributed by atoms with Crippen molar-refractivity contribution in [3.8, 4) is 5.88 Å². The van der Waals surface area contributed by atoms with Gasteiger partial charge in [-0.1, -0.05) is 12.1 Å². The predicted molar refractivity (Wildman–Crippen MR) is 89.6 cm³/mol. The molecule has 1 saturated heterocycles. The van der Waals surface area contributed by atoms with Crippen molar-refractivity contribution in [2.75, 3.05) is 38.2 Å². The number of ether oxygens (including phenoxy) is 1. The molecule has 22 heavy (non-hydrogen) atoms. The smallest absolute Gasteiger partial charge is 0.258 e. The van der Waals surface area contributed by atoms with E-state index in [-0.39, 0.29) is 0 Å². The molecule has 0 saturated carbocycles. The third-order valence-electron chi connectivity index (χ3n) is 4.09. The molecule has 1 aromatic heterocycles. The van der Waals surface area contributed by atoms with Crippen LogP contribution in [0.2, 0.25) is 0 Å². The highest BCUT2D eigenvalue weighted by Gasteiger charge is 2.19. The number of anilines is 1. The molecule has 1 unspecified atom stereocenters. The van der Waals surface area contributed by atoms with Gasteiger partial charge in [-0.2, -0.15) is 0 Å². The third kappa shape index (κ3) is 3.30. The largest absolute Gasteiger partial charge is 0.475 e. The molecule has 1 aliphatic rings. The summed E-state index contributed by atoms with van der Waals surface area (Å²) in [6.45, 7) is 5.76. The number of nitrogens with zero attached hydrogens (tertiary/aromatic N) is 3. The summed E-state index contributed by atoms with van der Waals surface area (Å²) in [6, 6.07) is 7.94. The van der Waals surface area contributed by atoms with Gasteiger partial charge in [-0.3, -0.25) is 0 Å². The Kier molecular flexibility index (Phi) is 4.73. The van der Waals surface area contributed by atoms with Crippen LogP contribution in [-0.4, -0.2) is 43.3 Å². The molecule has 1 fully saturated rings. The summed E-state index contributed by atoms with van der Waals surface area (Å²) in [5.41, 5.74) is 1.79. The summed E-state index contributed by atoms with van der Waals surface area (Å²) in [5, 5.41) is 3.47. The molecule has 0 spiro atoms. The second kappa shape index (κ2) is 6.92. The SMILES string of the molecule is CCOc1nc2ccccc2nc1N(C)CC1CCCNC1. The number of piperidine rings is 1. The van der Waals surface area contributed by atoms with E-state index in [9.17, 15) is 0 Å². The predicted octanol–water partition coefficient (Wildman–Crippen LogP) is 2.46. The van der Waals surface area contributed by atoms with E-state index in [0.717, 1.165) is 36.5 Å². The van der Waals surface area contributed by atoms with Gasteiger partial charge in [-0.25, -0.2) is 9.97 Å². The standard InChI is InChI=1S/C17H24N4O/c1-3-22-17-16(19-14-8-4-5-9-15(14)20-17)21(2)12-13-7-6-10-18-11-13/h4-5,8-9,13,18H,3,6-7,10-12H2,1-2H3. The van der Waals surface area contributed by atoms with Crippen LogP contribution in [0, 0.1) is 5.92 Å². The van der Waals surface area contributed by atoms with Gasteiger partial charge in [0.2, 0.25) is 0 Å². The van der Waals surface area contributed by atoms with Crippen LogP contribution in [0.3, 0.4) is 0 Å². The van der Waals surface area contributed by atoms with Gasteiger partial charge in [-0.15, -0.1) is 0 Å². The summed E-state index contributed by atoms with van der Waals surface area (Å²) in [5.74, 6) is 2.13. The fraction of sp³-hybridized carbons (Fsp3) is 0.529. The number of hydrogen-bond acceptors (Lipinski definition) is 5. The first-order valence-electron chi connectivity index (χ1n) is 8.09. The lowest BCUT2D eigenvalue weighted by Gasteiger charge is -2.28. The minimum absolute atomic E-state index is 0.596. The van der Waals surface area contributed by atoms with Crippen LogP contribution < -0.4 is 15.0 Å². The molecule has 0 bridgehead atoms. The highest BCUT2D eigenvalue weighted by molar-refractivity contribution is 5.77. The van der Waals surface area contributed by atoms with Crippen molar-refractivity contribution in [3.63, 3.8) is 0 Å². The quantitative estimate of drug-likeness (QED) is 0.919. The maximum absolute atomic E-state index is 5.72. The average Bonchev–Trinajstić information content (AvgIpc) is 2.55. The summed E-state index contributed by atoms with van der Waals surface area (Å²) in [4.78, 5) is 11.6. The van der Waals surface area contributed by atoms with Crippen LogP contribution in [0.4, 0.5) is 5.82 Å². The molecule has 1 aromatic carbocycles. The summed E-state index contributed by atoms with van der Waals surface area (Å²) in [6.07, 6.45) is 2.52. The Balaban J connectivity index is 1.87. The highest BCUT2D eigenvalue weighted by atomic mass is 16.5. The molecule has 5 heteroatoms. The molecule has 1 N–H and O–H groups in total. The molecule has 1 aliphatic heterocycles. The summed E-state index contributed by atoms with van der Waals surface area (Å²) in [7, 11) is 2.08. The summed E-state index contributed by atoms with van der Waals surface area (Å²) < 4.78 is 5.72. The Morgan fingerprint density at radius 3 is 2.73 bits per heavy atom. The van der Waals surface area contributed by atoms with Crippen LogP contribution in [0.1, 0.15) is 19.8 Å². The third-order valence-corrected chi connectivity index (χ3v) is 4.09. The number of benzene rings is 1. The second-order valence-corrected chi connectivity index (χ2v) is 5.87. The van der Waals surface area contributed by atoms with Crippen LogP contribution in [0.25, 0.3) is 11.0 Å². The van der Waals surface area contributed by atoms with Crippen molar-refractivity contribution in [2.45, 2.75) is 19.8 Å². The van der Waals surface area contributed by atoms with E-state index < -0.39 is 0 Å². The summed E-state index contributed by atoms with van der Waals surface area (Å²) >= 11 is 0. The van der Waals surface area contributed by atoms with E-state index in [1.54, 1.807) is 0 Å². The van der Waals surface area contributed by atoms with Crippen LogP contribution in [0.15, 0.2) is 24.3 Å². The average molecular weight is 300 g/mol. The van der Waals surface area contributed by atoms with Crippen molar-refractivity contribution >= 4 is 16.9 Å². The van der Waals surface area contributed by atoms with Gasteiger partial charge in [0.25, 0.3) is 5.88 Å². The molecule has 1 atom stereocenters. The molecule has 3 rings (SSSR count). The number of para-hydroxylation sites is 2. The van der Waals surface area contributed by atoms with Gasteiger partial charge in [-0.05, 0) is 50.9 Å². The lowest BCUT2D eigenvalue weighted by atomic mass is 9.99. The van der Waals surface area contributed by atoms with Gasteiger partial charge in [0.05, 0.1) is 17.6 Å². The molecule has 2 heterocycles. The lowest BCUT2D eigenvalue weighted by molar-refractivity contribution is 0.325. The van der Waals surface area contributed by atoms with Gasteiger partial charge in [0.15, 0.2) is 5.82 Å². The maximum Gasteiger partial charge on any atom is 0.258 e. The zero-order valence-corrected chi connectivity index (χ0v) is 13.4. The second-order valence-electron chi connectivity index (χ2n) is 5.87. The van der Waals surface area contributed by atoms with E-state index in [1.165, 1.54) is 12.8 Å². The van der Waals surface area contributed by atoms with E-state index in [0.29, 0.717) is 18.4 Å². The minimum Gasteiger partial charge on any atom is -0.475 e. The highest BCUT2D eigenvalue weighted by Crippen LogP contribution is 2.27. The molecule has 0 amide bonds. The monoisotopic (exact) mass is 300 g/mol. The van der Waals surface area contributed by atoms with E-state index in [2.05, 4.69) is 22.2 Å². The Hall–Kier alpha value is -1.88. The molecule has 118 valence electrons. The molecule has 5 nitrogen and oxygen atoms in total. The molecule has 0 aliphatic carbocycles. The Morgan fingerprint density at radius 2 is 2.05 bits per heavy atom. The first-order chi connectivity index (χ1) is 10.8. The van der Waals surface area contributed by atoms with Crippen LogP contribution in [0.5, 0.6) is 5.88 Å². The van der Waals surface area contributed by atoms with E-state index >= 15 is 0 Å². The van der Waals surface area contributed by atoms with Crippen molar-refractivity contribution in [1.29, 1.82) is 0 Å². The number of rotatable bonds is 5. The zero-order chi connectivity index (χ0) is 15.4. The van der Waals surface area contributed by atoms with Crippen molar-refractivity contribution in [3.05, 3.63) is 24.3 Å². The molecular weight excluding hydrogens is 276 g/mol. The fourth-order valence-corrected chi connectivity index (χ4v) is 3.01. The fourth-order valence-electron chi connectivity index (χ4n) is 3.01. The van der Waals surface area contributed by atoms with Crippen molar-refractivity contribution in [1.82, 2.24) is 15.3 Å². The molecule has 0 radical (unpaired) electrons. The normalized spacial score (nSPS) is 18.4. The Morgan fingerprint density at radius 1 is 1.27 bits per heavy atom. The lowest BCUT2D eigenvalue weighted by Crippen LogP contribution is -2.37. The Labute approximate surface area is 131 Å². The van der Waals surface area contributed by atoms with Crippen molar-refractivity contribution in [2.24, 2.45) is 5.92 Å². The number of fused-ring (bicyclic) bond motifs is 1. The molecular formula is C17H24N4O. The van der Waals surface area contributed by atoms with Crippen LogP contribution in [-0.2, 0) is 0 Å². The number of nitrogens with one attached hydrogen (secondary N) is 1. The van der Waals surface area contributed by atoms with E-state index in [1.807, 2.05) is 31.2 Å². The first kappa shape index (κ1) is 15.0. The van der Waals surface area contributed by atoms with Gasteiger partial charge >= 0.3 is 0 Å². The van der Waals surface area contributed by atoms with Crippen molar-refractivity contribution < 1.29 is 4.74 Å². The zero-order valence-electron chi connectivity index (χ0n) is 13.4. The van der Waals surface area contributed by atoms with Crippen LogP contribution >= 0.6 is 0 Å². The van der Waals surface area contributed by atoms with Gasteiger partial charge < -0.3 is 15.0 Å². The molecule has 2 aromatic rings. The van der Waals surface area contributed by atoms with E-state index in [4.69, 9.17) is 9.72 Å². The van der Waals surface area contributed by atoms with Gasteiger partial charge in [0.1, 0.15) is 0 Å². The first-order valence-corrected chi connectivity index (χ1v) is 8.09. The number of aromatic nitrogens is 2. The Bertz CT molecular complexity index is 625. The van der Waals surface area contributed by atoms with Gasteiger partial charge in [0, 0.05) is 13.6 Å². The topological polar surface area (TPSA) is 50.3 Å². The number of hydrogen-bond donors (Lipinski definition) is 1. The minimum atomic E-state index is 0.596.